The molecule has 0 N–H and O–H groups in total. The summed E-state index contributed by atoms with van der Waals surface area (Å²) in [7, 11) is -2.53. The summed E-state index contributed by atoms with van der Waals surface area (Å²) in [5, 5.41) is 4.00. The molecule has 6 aromatic rings. The Hall–Kier alpha value is -4.65. The number of benzene rings is 6. The Morgan fingerprint density at radius 2 is 0.857 bits per heavy atom. The Balaban J connectivity index is 1.43. The van der Waals surface area contributed by atoms with Crippen molar-refractivity contribution in [2.75, 3.05) is 11.2 Å². The van der Waals surface area contributed by atoms with Crippen molar-refractivity contribution in [3.05, 3.63) is 175 Å². The third-order valence-electron chi connectivity index (χ3n) is 7.85. The van der Waals surface area contributed by atoms with Crippen molar-refractivity contribution in [3.63, 3.8) is 0 Å². The van der Waals surface area contributed by atoms with Crippen molar-refractivity contribution in [2.45, 2.75) is 13.8 Å². The van der Waals surface area contributed by atoms with E-state index in [9.17, 15) is 0 Å². The second kappa shape index (κ2) is 12.5. The van der Waals surface area contributed by atoms with Gasteiger partial charge in [0, 0.05) is 0 Å². The summed E-state index contributed by atoms with van der Waals surface area (Å²) in [6.45, 7) is 4.27. The zero-order chi connectivity index (χ0) is 28.8. The first-order chi connectivity index (χ1) is 20.6. The summed E-state index contributed by atoms with van der Waals surface area (Å²) in [6, 6.07) is 58.6. The van der Waals surface area contributed by atoms with Gasteiger partial charge in [-0.05, 0) is 0 Å². The molecule has 0 atom stereocenters. The molecule has 3 heteroatoms. The standard InChI is InChI=1S/C39H36NOP/c1-31-15-12-17-33(27-31)40(34-18-13-16-32(2)28-34)35-19-14-20-36(29-35)41-30-42(37-21-6-3-7-22-37,38-23-8-4-9-24-38)39-25-10-5-11-26-39/h3-29,42H,30H2,1-2H3. The van der Waals surface area contributed by atoms with Crippen LogP contribution in [-0.2, 0) is 0 Å². The van der Waals surface area contributed by atoms with Gasteiger partial charge in [0.2, 0.25) is 0 Å². The van der Waals surface area contributed by atoms with E-state index in [1.807, 2.05) is 0 Å². The van der Waals surface area contributed by atoms with E-state index < -0.39 is 7.26 Å². The fraction of sp³-hybridized carbons (Fsp3) is 0.0769. The second-order valence-corrected chi connectivity index (χ2v) is 14.6. The van der Waals surface area contributed by atoms with E-state index in [1.165, 1.54) is 27.0 Å². The Morgan fingerprint density at radius 3 is 1.29 bits per heavy atom. The van der Waals surface area contributed by atoms with E-state index in [4.69, 9.17) is 4.74 Å². The molecule has 0 aliphatic rings. The van der Waals surface area contributed by atoms with Crippen molar-refractivity contribution >= 4 is 40.2 Å². The number of aryl methyl sites for hydroxylation is 2. The molecule has 0 saturated heterocycles. The number of hydrogen-bond donors (Lipinski definition) is 0. The number of hydrogen-bond acceptors (Lipinski definition) is 2. The van der Waals surface area contributed by atoms with Crippen LogP contribution in [0.4, 0.5) is 17.1 Å². The molecule has 6 aromatic carbocycles. The molecular weight excluding hydrogens is 529 g/mol. The summed E-state index contributed by atoms with van der Waals surface area (Å²) in [5.41, 5.74) is 5.76. The first-order valence-electron chi connectivity index (χ1n) is 14.5. The van der Waals surface area contributed by atoms with Gasteiger partial charge in [-0.3, -0.25) is 0 Å². The van der Waals surface area contributed by atoms with E-state index in [2.05, 4.69) is 183 Å². The molecule has 0 bridgehead atoms. The van der Waals surface area contributed by atoms with Crippen LogP contribution in [0.1, 0.15) is 11.1 Å². The van der Waals surface area contributed by atoms with E-state index in [-0.39, 0.29) is 0 Å². The van der Waals surface area contributed by atoms with Gasteiger partial charge in [-0.15, -0.1) is 0 Å². The maximum absolute atomic E-state index is 6.88. The van der Waals surface area contributed by atoms with Crippen LogP contribution in [0.3, 0.4) is 0 Å². The van der Waals surface area contributed by atoms with Crippen molar-refractivity contribution in [2.24, 2.45) is 0 Å². The number of rotatable bonds is 9. The van der Waals surface area contributed by atoms with Gasteiger partial charge in [0.05, 0.1) is 0 Å². The number of ether oxygens (including phenoxy) is 1. The summed E-state index contributed by atoms with van der Waals surface area (Å²) in [5.74, 6) is 0.859. The SMILES string of the molecule is Cc1cccc(N(c2cccc(C)c2)c2cccc(OC[PH](c3ccccc3)(c3ccccc3)c3ccccc3)c2)c1. The molecule has 0 aliphatic heterocycles. The van der Waals surface area contributed by atoms with Crippen molar-refractivity contribution in [3.8, 4) is 5.75 Å². The summed E-state index contributed by atoms with van der Waals surface area (Å²) in [4.78, 5) is 2.31. The molecule has 208 valence electrons. The van der Waals surface area contributed by atoms with Gasteiger partial charge in [-0.25, -0.2) is 0 Å². The Bertz CT molecular complexity index is 1610. The van der Waals surface area contributed by atoms with Gasteiger partial charge in [0.1, 0.15) is 0 Å². The molecule has 42 heavy (non-hydrogen) atoms. The summed E-state index contributed by atoms with van der Waals surface area (Å²) in [6.07, 6.45) is 0.587. The molecule has 0 saturated carbocycles. The van der Waals surface area contributed by atoms with Crippen LogP contribution >= 0.6 is 7.26 Å². The average Bonchev–Trinajstić information content (AvgIpc) is 3.03. The molecule has 0 radical (unpaired) electrons. The monoisotopic (exact) mass is 565 g/mol. The molecule has 0 fully saturated rings. The first kappa shape index (κ1) is 27.5. The molecular formula is C39H36NOP. The minimum atomic E-state index is -2.53. The van der Waals surface area contributed by atoms with Crippen molar-refractivity contribution in [1.29, 1.82) is 0 Å². The van der Waals surface area contributed by atoms with Gasteiger partial charge < -0.3 is 0 Å². The fourth-order valence-electron chi connectivity index (χ4n) is 5.80. The van der Waals surface area contributed by atoms with Gasteiger partial charge in [0.15, 0.2) is 0 Å². The fourth-order valence-corrected chi connectivity index (χ4v) is 9.97. The van der Waals surface area contributed by atoms with Crippen LogP contribution in [0.5, 0.6) is 5.75 Å². The molecule has 2 nitrogen and oxygen atoms in total. The zero-order valence-corrected chi connectivity index (χ0v) is 25.2. The molecule has 0 aromatic heterocycles. The van der Waals surface area contributed by atoms with Crippen LogP contribution in [0.15, 0.2) is 164 Å². The average molecular weight is 566 g/mol. The number of anilines is 3. The van der Waals surface area contributed by atoms with Crippen LogP contribution in [0.25, 0.3) is 0 Å². The quantitative estimate of drug-likeness (QED) is 0.162. The zero-order valence-electron chi connectivity index (χ0n) is 24.2. The van der Waals surface area contributed by atoms with Gasteiger partial charge in [-0.2, -0.15) is 0 Å². The Labute approximate surface area is 250 Å². The molecule has 6 rings (SSSR count). The van der Waals surface area contributed by atoms with Gasteiger partial charge in [0.25, 0.3) is 0 Å². The Morgan fingerprint density at radius 1 is 0.452 bits per heavy atom. The van der Waals surface area contributed by atoms with Gasteiger partial charge in [-0.1, -0.05) is 0 Å². The predicted octanol–water partition coefficient (Wildman–Crippen LogP) is 8.84. The van der Waals surface area contributed by atoms with Gasteiger partial charge >= 0.3 is 251 Å². The molecule has 0 spiro atoms. The second-order valence-electron chi connectivity index (χ2n) is 10.8. The molecule has 0 amide bonds. The third kappa shape index (κ3) is 5.73. The minimum absolute atomic E-state index is 0.587. The molecule has 0 aliphatic carbocycles. The van der Waals surface area contributed by atoms with Crippen molar-refractivity contribution < 1.29 is 4.74 Å². The van der Waals surface area contributed by atoms with Crippen LogP contribution in [0, 0.1) is 13.8 Å². The molecule has 0 heterocycles. The van der Waals surface area contributed by atoms with Crippen LogP contribution in [0.2, 0.25) is 0 Å². The van der Waals surface area contributed by atoms with E-state index in [1.54, 1.807) is 0 Å². The third-order valence-corrected chi connectivity index (χ3v) is 12.4. The predicted molar refractivity (Wildman–Crippen MR) is 183 cm³/mol. The van der Waals surface area contributed by atoms with E-state index in [0.717, 1.165) is 22.8 Å². The van der Waals surface area contributed by atoms with E-state index in [0.29, 0.717) is 6.35 Å². The summed E-state index contributed by atoms with van der Waals surface area (Å²) < 4.78 is 6.88. The van der Waals surface area contributed by atoms with Crippen LogP contribution in [-0.4, -0.2) is 6.35 Å². The normalized spacial score (nSPS) is 11.6. The topological polar surface area (TPSA) is 12.5 Å². The number of nitrogens with zero attached hydrogens (tertiary/aromatic N) is 1. The molecule has 0 unspecified atom stereocenters. The van der Waals surface area contributed by atoms with Crippen LogP contribution < -0.4 is 25.6 Å². The summed E-state index contributed by atoms with van der Waals surface area (Å²) >= 11 is 0. The van der Waals surface area contributed by atoms with E-state index >= 15 is 0 Å². The maximum atomic E-state index is 6.88. The Kier molecular flexibility index (Phi) is 8.17. The first-order valence-corrected chi connectivity index (χ1v) is 16.7. The van der Waals surface area contributed by atoms with Crippen molar-refractivity contribution in [1.82, 2.24) is 0 Å².